The van der Waals surface area contributed by atoms with E-state index in [9.17, 15) is 10.1 Å². The molecule has 0 fully saturated rings. The van der Waals surface area contributed by atoms with Gasteiger partial charge in [-0.1, -0.05) is 0 Å². The molecule has 2 aromatic rings. The second-order valence-corrected chi connectivity index (χ2v) is 6.08. The Bertz CT molecular complexity index is 834. The van der Waals surface area contributed by atoms with Crippen LogP contribution in [-0.2, 0) is 13.0 Å². The monoisotopic (exact) mass is 325 g/mol. The van der Waals surface area contributed by atoms with Gasteiger partial charge in [0.2, 0.25) is 0 Å². The lowest BCUT2D eigenvalue weighted by molar-refractivity contribution is 0.0998. The molecule has 3 rings (SSSR count). The van der Waals surface area contributed by atoms with Crippen molar-refractivity contribution in [2.75, 3.05) is 11.9 Å². The van der Waals surface area contributed by atoms with Crippen LogP contribution in [-0.4, -0.2) is 32.4 Å². The predicted molar refractivity (Wildman–Crippen MR) is 87.3 cm³/mol. The number of carbonyl (C=O) groups excluding carboxylic acids is 1. The van der Waals surface area contributed by atoms with Crippen LogP contribution in [0, 0.1) is 31.1 Å². The first-order chi connectivity index (χ1) is 11.5. The number of nitrogens with zero attached hydrogens (tertiary/aromatic N) is 5. The average Bonchev–Trinajstić information content (AvgIpc) is 2.99. The van der Waals surface area contributed by atoms with E-state index in [1.165, 1.54) is 6.20 Å². The van der Waals surface area contributed by atoms with Crippen LogP contribution < -0.4 is 11.1 Å². The molecule has 124 valence electrons. The molecule has 0 saturated heterocycles. The number of amides is 1. The minimum absolute atomic E-state index is 0.308. The van der Waals surface area contributed by atoms with Gasteiger partial charge >= 0.3 is 0 Å². The lowest BCUT2D eigenvalue weighted by Gasteiger charge is -2.24. The van der Waals surface area contributed by atoms with Crippen LogP contribution in [0.5, 0.6) is 0 Å². The molecule has 8 heteroatoms. The van der Waals surface area contributed by atoms with E-state index < -0.39 is 5.91 Å². The van der Waals surface area contributed by atoms with Crippen LogP contribution in [0.25, 0.3) is 0 Å². The molecule has 0 radical (unpaired) electrons. The fourth-order valence-corrected chi connectivity index (χ4v) is 2.99. The summed E-state index contributed by atoms with van der Waals surface area (Å²) >= 11 is 0. The summed E-state index contributed by atoms with van der Waals surface area (Å²) in [4.78, 5) is 11.5. The van der Waals surface area contributed by atoms with Crippen LogP contribution in [0.2, 0.25) is 0 Å². The Morgan fingerprint density at radius 3 is 3.00 bits per heavy atom. The van der Waals surface area contributed by atoms with Crippen molar-refractivity contribution in [3.63, 3.8) is 0 Å². The van der Waals surface area contributed by atoms with Crippen LogP contribution in [0.1, 0.15) is 39.3 Å². The third-order valence-electron chi connectivity index (χ3n) is 4.57. The zero-order valence-corrected chi connectivity index (χ0v) is 13.7. The largest absolute Gasteiger partial charge is 0.367 e. The van der Waals surface area contributed by atoms with Gasteiger partial charge in [0, 0.05) is 13.1 Å². The lowest BCUT2D eigenvalue weighted by Crippen LogP contribution is -2.27. The topological polar surface area (TPSA) is 123 Å². The number of hydrogen-bond acceptors (Lipinski definition) is 6. The summed E-state index contributed by atoms with van der Waals surface area (Å²) in [6.07, 6.45) is 3.18. The quantitative estimate of drug-likeness (QED) is 0.862. The van der Waals surface area contributed by atoms with E-state index in [0.29, 0.717) is 35.8 Å². The van der Waals surface area contributed by atoms with Crippen LogP contribution in [0.3, 0.4) is 0 Å². The van der Waals surface area contributed by atoms with Crippen LogP contribution in [0.4, 0.5) is 5.82 Å². The van der Waals surface area contributed by atoms with Gasteiger partial charge in [0.25, 0.3) is 5.91 Å². The Hall–Kier alpha value is -2.95. The Kier molecular flexibility index (Phi) is 4.16. The number of nitrogens with one attached hydrogen (secondary N) is 1. The van der Waals surface area contributed by atoms with Crippen molar-refractivity contribution in [3.8, 4) is 6.07 Å². The lowest BCUT2D eigenvalue weighted by atomic mass is 9.94. The molecular formula is C16H19N7O. The number of nitriles is 1. The molecule has 0 saturated carbocycles. The number of rotatable bonds is 4. The molecule has 1 atom stereocenters. The molecule has 0 bridgehead atoms. The van der Waals surface area contributed by atoms with Gasteiger partial charge in [-0.15, -0.1) is 5.10 Å². The zero-order chi connectivity index (χ0) is 17.3. The van der Waals surface area contributed by atoms with E-state index in [0.717, 1.165) is 29.9 Å². The summed E-state index contributed by atoms with van der Waals surface area (Å²) in [5, 5.41) is 25.0. The van der Waals surface area contributed by atoms with E-state index in [1.807, 2.05) is 18.5 Å². The van der Waals surface area contributed by atoms with Crippen molar-refractivity contribution in [1.82, 2.24) is 20.0 Å². The van der Waals surface area contributed by atoms with Gasteiger partial charge in [-0.2, -0.15) is 15.5 Å². The van der Waals surface area contributed by atoms with Crippen molar-refractivity contribution >= 4 is 11.7 Å². The first-order valence-corrected chi connectivity index (χ1v) is 7.83. The van der Waals surface area contributed by atoms with Crippen LogP contribution >= 0.6 is 0 Å². The van der Waals surface area contributed by atoms with Gasteiger partial charge in [0.05, 0.1) is 23.1 Å². The Balaban J connectivity index is 1.73. The number of anilines is 1. The van der Waals surface area contributed by atoms with E-state index >= 15 is 0 Å². The van der Waals surface area contributed by atoms with Gasteiger partial charge in [-0.3, -0.25) is 9.48 Å². The normalized spacial score (nSPS) is 16.3. The van der Waals surface area contributed by atoms with Crippen molar-refractivity contribution in [3.05, 3.63) is 34.3 Å². The first kappa shape index (κ1) is 15.9. The minimum Gasteiger partial charge on any atom is -0.367 e. The van der Waals surface area contributed by atoms with Crippen molar-refractivity contribution < 1.29 is 4.79 Å². The number of aryl methyl sites for hydroxylation is 2. The van der Waals surface area contributed by atoms with Crippen molar-refractivity contribution in [2.24, 2.45) is 11.7 Å². The maximum absolute atomic E-state index is 11.5. The third-order valence-corrected chi connectivity index (χ3v) is 4.57. The number of primary amides is 1. The molecule has 8 nitrogen and oxygen atoms in total. The Morgan fingerprint density at radius 1 is 1.50 bits per heavy atom. The Morgan fingerprint density at radius 2 is 2.29 bits per heavy atom. The fourth-order valence-electron chi connectivity index (χ4n) is 2.99. The van der Waals surface area contributed by atoms with E-state index in [4.69, 9.17) is 5.73 Å². The fraction of sp³-hybridized carbons (Fsp3) is 0.438. The standard InChI is InChI=1S/C16H19N7O/c1-9-10(2)21-22-16(12(9)6-17)19-7-11-3-4-23-14(5-11)13(8-20-23)15(18)24/h8,11H,3-5,7H2,1-2H3,(H2,18,24)(H,19,22)/t11-/m0/s1. The summed E-state index contributed by atoms with van der Waals surface area (Å²) in [5.74, 6) is 0.369. The highest BCUT2D eigenvalue weighted by molar-refractivity contribution is 5.93. The second kappa shape index (κ2) is 6.28. The summed E-state index contributed by atoms with van der Waals surface area (Å²) in [6.45, 7) is 5.10. The third kappa shape index (κ3) is 2.80. The molecule has 2 aromatic heterocycles. The first-order valence-electron chi connectivity index (χ1n) is 7.83. The second-order valence-electron chi connectivity index (χ2n) is 6.08. The SMILES string of the molecule is Cc1nnc(NC[C@H]2CCn3ncc(C(N)=O)c3C2)c(C#N)c1C. The van der Waals surface area contributed by atoms with Gasteiger partial charge < -0.3 is 11.1 Å². The number of carbonyl (C=O) groups is 1. The van der Waals surface area contributed by atoms with Crippen molar-refractivity contribution in [2.45, 2.75) is 33.2 Å². The molecule has 0 aromatic carbocycles. The number of aromatic nitrogens is 4. The molecule has 1 amide bonds. The van der Waals surface area contributed by atoms with E-state index in [1.54, 1.807) is 0 Å². The smallest absolute Gasteiger partial charge is 0.252 e. The molecule has 3 heterocycles. The van der Waals surface area contributed by atoms with Gasteiger partial charge in [-0.05, 0) is 38.2 Å². The van der Waals surface area contributed by atoms with E-state index in [-0.39, 0.29) is 0 Å². The molecule has 1 aliphatic rings. The maximum Gasteiger partial charge on any atom is 0.252 e. The van der Waals surface area contributed by atoms with E-state index in [2.05, 4.69) is 26.7 Å². The number of fused-ring (bicyclic) bond motifs is 1. The predicted octanol–water partition coefficient (Wildman–Crippen LogP) is 0.935. The maximum atomic E-state index is 11.5. The summed E-state index contributed by atoms with van der Waals surface area (Å²) in [7, 11) is 0. The van der Waals surface area contributed by atoms with Gasteiger partial charge in [-0.25, -0.2) is 0 Å². The molecule has 3 N–H and O–H groups in total. The number of hydrogen-bond donors (Lipinski definition) is 2. The van der Waals surface area contributed by atoms with Crippen molar-refractivity contribution in [1.29, 1.82) is 5.26 Å². The highest BCUT2D eigenvalue weighted by atomic mass is 16.1. The molecule has 0 aliphatic carbocycles. The number of nitrogens with two attached hydrogens (primary N) is 1. The minimum atomic E-state index is -0.448. The van der Waals surface area contributed by atoms with Gasteiger partial charge in [0.1, 0.15) is 11.6 Å². The molecule has 0 unspecified atom stereocenters. The molecular weight excluding hydrogens is 306 g/mol. The zero-order valence-electron chi connectivity index (χ0n) is 13.7. The molecule has 1 aliphatic heterocycles. The summed E-state index contributed by atoms with van der Waals surface area (Å²) < 4.78 is 1.84. The average molecular weight is 325 g/mol. The summed E-state index contributed by atoms with van der Waals surface area (Å²) in [6, 6.07) is 2.19. The summed E-state index contributed by atoms with van der Waals surface area (Å²) in [5.41, 5.74) is 8.89. The highest BCUT2D eigenvalue weighted by Gasteiger charge is 2.24. The van der Waals surface area contributed by atoms with Crippen LogP contribution in [0.15, 0.2) is 6.20 Å². The Labute approximate surface area is 139 Å². The van der Waals surface area contributed by atoms with Gasteiger partial charge in [0.15, 0.2) is 5.82 Å². The highest BCUT2D eigenvalue weighted by Crippen LogP contribution is 2.24. The molecule has 0 spiro atoms. The molecule has 24 heavy (non-hydrogen) atoms.